The predicted octanol–water partition coefficient (Wildman–Crippen LogP) is 3.47. The molecule has 0 atom stereocenters. The van der Waals surface area contributed by atoms with Crippen molar-refractivity contribution in [3.63, 3.8) is 0 Å². The minimum atomic E-state index is 0.0144. The van der Waals surface area contributed by atoms with Gasteiger partial charge in [-0.2, -0.15) is 5.10 Å². The summed E-state index contributed by atoms with van der Waals surface area (Å²) < 4.78 is 1.61. The van der Waals surface area contributed by atoms with Gasteiger partial charge in [-0.3, -0.25) is 4.79 Å². The number of aromatic nitrogens is 2. The van der Waals surface area contributed by atoms with Crippen LogP contribution >= 0.6 is 0 Å². The van der Waals surface area contributed by atoms with Crippen molar-refractivity contribution in [2.75, 3.05) is 0 Å². The van der Waals surface area contributed by atoms with Crippen LogP contribution in [-0.4, -0.2) is 9.78 Å². The fourth-order valence-electron chi connectivity index (χ4n) is 3.00. The first-order valence-electron chi connectivity index (χ1n) is 8.13. The number of aryl methyl sites for hydroxylation is 2. The molecule has 2 aromatic rings. The molecule has 0 fully saturated rings. The second kappa shape index (κ2) is 5.71. The van der Waals surface area contributed by atoms with Crippen molar-refractivity contribution >= 4 is 0 Å². The van der Waals surface area contributed by atoms with Crippen LogP contribution < -0.4 is 5.56 Å². The molecule has 22 heavy (non-hydrogen) atoms. The van der Waals surface area contributed by atoms with E-state index in [2.05, 4.69) is 50.1 Å². The van der Waals surface area contributed by atoms with Gasteiger partial charge in [0.15, 0.2) is 0 Å². The van der Waals surface area contributed by atoms with Gasteiger partial charge in [0.1, 0.15) is 0 Å². The molecule has 1 aliphatic rings. The quantitative estimate of drug-likeness (QED) is 0.850. The Morgan fingerprint density at radius 3 is 2.45 bits per heavy atom. The zero-order valence-corrected chi connectivity index (χ0v) is 13.7. The second-order valence-electron chi connectivity index (χ2n) is 7.27. The first-order chi connectivity index (χ1) is 10.4. The smallest absolute Gasteiger partial charge is 0.267 e. The van der Waals surface area contributed by atoms with E-state index >= 15 is 0 Å². The van der Waals surface area contributed by atoms with Crippen molar-refractivity contribution in [3.8, 4) is 0 Å². The Balaban J connectivity index is 1.85. The topological polar surface area (TPSA) is 34.9 Å². The molecule has 1 aliphatic carbocycles. The number of rotatable bonds is 2. The minimum Gasteiger partial charge on any atom is -0.268 e. The third kappa shape index (κ3) is 3.13. The van der Waals surface area contributed by atoms with Gasteiger partial charge in [0, 0.05) is 6.07 Å². The SMILES string of the molecule is CC(C)(C)c1ccc(Cn2nc3c(cc2=O)CCCC3)cc1. The molecule has 0 saturated carbocycles. The van der Waals surface area contributed by atoms with E-state index in [1.807, 2.05) is 0 Å². The Bertz CT molecular complexity index is 721. The van der Waals surface area contributed by atoms with E-state index in [1.54, 1.807) is 10.7 Å². The standard InChI is InChI=1S/C19H24N2O/c1-19(2,3)16-10-8-14(9-11-16)13-21-18(22)12-15-6-4-5-7-17(15)20-21/h8-12H,4-7,13H2,1-3H3. The van der Waals surface area contributed by atoms with Crippen LogP contribution in [0.1, 0.15) is 56.0 Å². The zero-order valence-electron chi connectivity index (χ0n) is 13.7. The lowest BCUT2D eigenvalue weighted by Gasteiger charge is -2.19. The first-order valence-corrected chi connectivity index (χ1v) is 8.13. The molecule has 0 N–H and O–H groups in total. The highest BCUT2D eigenvalue weighted by Gasteiger charge is 2.15. The van der Waals surface area contributed by atoms with E-state index in [1.165, 1.54) is 18.4 Å². The normalized spacial score (nSPS) is 14.7. The monoisotopic (exact) mass is 296 g/mol. The molecular weight excluding hydrogens is 272 g/mol. The van der Waals surface area contributed by atoms with Crippen LogP contribution in [0.2, 0.25) is 0 Å². The van der Waals surface area contributed by atoms with E-state index in [9.17, 15) is 4.79 Å². The van der Waals surface area contributed by atoms with Crippen molar-refractivity contribution in [2.45, 2.75) is 58.4 Å². The summed E-state index contributed by atoms with van der Waals surface area (Å²) in [4.78, 5) is 12.2. The average molecular weight is 296 g/mol. The Kier molecular flexibility index (Phi) is 3.90. The van der Waals surface area contributed by atoms with Gasteiger partial charge in [-0.25, -0.2) is 4.68 Å². The third-order valence-corrected chi connectivity index (χ3v) is 4.43. The summed E-state index contributed by atoms with van der Waals surface area (Å²) in [7, 11) is 0. The maximum absolute atomic E-state index is 12.2. The largest absolute Gasteiger partial charge is 0.268 e. The van der Waals surface area contributed by atoms with E-state index in [4.69, 9.17) is 0 Å². The number of benzene rings is 1. The molecule has 1 aromatic heterocycles. The fourth-order valence-corrected chi connectivity index (χ4v) is 3.00. The summed E-state index contributed by atoms with van der Waals surface area (Å²) in [5, 5.41) is 4.58. The highest BCUT2D eigenvalue weighted by Crippen LogP contribution is 2.22. The van der Waals surface area contributed by atoms with E-state index < -0.39 is 0 Å². The molecule has 0 bridgehead atoms. The molecule has 3 nitrogen and oxygen atoms in total. The molecule has 0 amide bonds. The first kappa shape index (κ1) is 15.0. The summed E-state index contributed by atoms with van der Waals surface area (Å²) >= 11 is 0. The number of hydrogen-bond donors (Lipinski definition) is 0. The number of fused-ring (bicyclic) bond motifs is 1. The lowest BCUT2D eigenvalue weighted by atomic mass is 9.87. The van der Waals surface area contributed by atoms with Crippen LogP contribution in [0, 0.1) is 0 Å². The van der Waals surface area contributed by atoms with Gasteiger partial charge in [-0.1, -0.05) is 45.0 Å². The van der Waals surface area contributed by atoms with Gasteiger partial charge in [0.05, 0.1) is 12.2 Å². The maximum atomic E-state index is 12.2. The van der Waals surface area contributed by atoms with Crippen LogP contribution in [-0.2, 0) is 24.8 Å². The van der Waals surface area contributed by atoms with Gasteiger partial charge >= 0.3 is 0 Å². The highest BCUT2D eigenvalue weighted by molar-refractivity contribution is 5.28. The summed E-state index contributed by atoms with van der Waals surface area (Å²) in [6, 6.07) is 10.3. The van der Waals surface area contributed by atoms with Crippen LogP contribution in [0.5, 0.6) is 0 Å². The molecule has 3 rings (SSSR count). The van der Waals surface area contributed by atoms with E-state index in [0.29, 0.717) is 6.54 Å². The zero-order chi connectivity index (χ0) is 15.7. The highest BCUT2D eigenvalue weighted by atomic mass is 16.1. The Labute approximate surface area is 132 Å². The molecule has 1 aromatic carbocycles. The molecule has 0 saturated heterocycles. The molecule has 0 spiro atoms. The van der Waals surface area contributed by atoms with Gasteiger partial charge in [0.2, 0.25) is 0 Å². The summed E-state index contributed by atoms with van der Waals surface area (Å²) in [6.07, 6.45) is 4.35. The molecule has 0 aliphatic heterocycles. The van der Waals surface area contributed by atoms with Gasteiger partial charge in [-0.05, 0) is 47.8 Å². The van der Waals surface area contributed by atoms with Crippen molar-refractivity contribution in [3.05, 3.63) is 63.1 Å². The molecular formula is C19H24N2O. The van der Waals surface area contributed by atoms with Crippen LogP contribution in [0.15, 0.2) is 35.1 Å². The number of nitrogens with zero attached hydrogens (tertiary/aromatic N) is 2. The second-order valence-corrected chi connectivity index (χ2v) is 7.27. The lowest BCUT2D eigenvalue weighted by Crippen LogP contribution is -2.26. The van der Waals surface area contributed by atoms with Gasteiger partial charge < -0.3 is 0 Å². The number of hydrogen-bond acceptors (Lipinski definition) is 2. The maximum Gasteiger partial charge on any atom is 0.267 e. The van der Waals surface area contributed by atoms with Crippen molar-refractivity contribution in [2.24, 2.45) is 0 Å². The third-order valence-electron chi connectivity index (χ3n) is 4.43. The van der Waals surface area contributed by atoms with Crippen LogP contribution in [0.3, 0.4) is 0 Å². The van der Waals surface area contributed by atoms with Crippen LogP contribution in [0.4, 0.5) is 0 Å². The molecule has 1 heterocycles. The molecule has 0 radical (unpaired) electrons. The predicted molar refractivity (Wildman–Crippen MR) is 89.4 cm³/mol. The summed E-state index contributed by atoms with van der Waals surface area (Å²) in [5.41, 5.74) is 4.85. The summed E-state index contributed by atoms with van der Waals surface area (Å²) in [5.74, 6) is 0. The molecule has 116 valence electrons. The van der Waals surface area contributed by atoms with E-state index in [-0.39, 0.29) is 11.0 Å². The van der Waals surface area contributed by atoms with Crippen LogP contribution in [0.25, 0.3) is 0 Å². The fraction of sp³-hybridized carbons (Fsp3) is 0.474. The van der Waals surface area contributed by atoms with Gasteiger partial charge in [-0.15, -0.1) is 0 Å². The van der Waals surface area contributed by atoms with Crippen molar-refractivity contribution in [1.29, 1.82) is 0 Å². The summed E-state index contributed by atoms with van der Waals surface area (Å²) in [6.45, 7) is 7.17. The Morgan fingerprint density at radius 1 is 1.09 bits per heavy atom. The Hall–Kier alpha value is -1.90. The Morgan fingerprint density at radius 2 is 1.77 bits per heavy atom. The minimum absolute atomic E-state index is 0.0144. The average Bonchev–Trinajstić information content (AvgIpc) is 2.48. The molecule has 0 unspecified atom stereocenters. The van der Waals surface area contributed by atoms with Crippen molar-refractivity contribution < 1.29 is 0 Å². The van der Waals surface area contributed by atoms with E-state index in [0.717, 1.165) is 29.7 Å². The van der Waals surface area contributed by atoms with Gasteiger partial charge in [0.25, 0.3) is 5.56 Å². The van der Waals surface area contributed by atoms with Crippen molar-refractivity contribution in [1.82, 2.24) is 9.78 Å². The lowest BCUT2D eigenvalue weighted by molar-refractivity contribution is 0.572. The molecule has 3 heteroatoms.